The molecule has 0 spiro atoms. The number of rotatable bonds is 4. The first-order valence-corrected chi connectivity index (χ1v) is 7.47. The molecule has 0 amide bonds. The molecule has 20 heavy (non-hydrogen) atoms. The SMILES string of the molecule is CN(C)C(C)(C(=O)O)c1ccc(C2CCCCC2)cc1. The lowest BCUT2D eigenvalue weighted by atomic mass is 9.82. The van der Waals surface area contributed by atoms with Gasteiger partial charge in [-0.3, -0.25) is 4.90 Å². The van der Waals surface area contributed by atoms with E-state index in [1.165, 1.54) is 37.7 Å². The van der Waals surface area contributed by atoms with Crippen molar-refractivity contribution in [2.75, 3.05) is 14.1 Å². The molecule has 0 saturated heterocycles. The van der Waals surface area contributed by atoms with E-state index in [1.807, 2.05) is 26.2 Å². The molecule has 0 aromatic heterocycles. The first kappa shape index (κ1) is 15.0. The van der Waals surface area contributed by atoms with Gasteiger partial charge in [0.05, 0.1) is 0 Å². The third-order valence-electron chi connectivity index (χ3n) is 4.86. The van der Waals surface area contributed by atoms with E-state index >= 15 is 0 Å². The number of carboxylic acid groups (broad SMARTS) is 1. The molecule has 1 aromatic carbocycles. The normalized spacial score (nSPS) is 19.8. The van der Waals surface area contributed by atoms with Crippen LogP contribution in [0.4, 0.5) is 0 Å². The van der Waals surface area contributed by atoms with Gasteiger partial charge in [0.25, 0.3) is 0 Å². The molecule has 1 atom stereocenters. The van der Waals surface area contributed by atoms with Crippen LogP contribution in [0, 0.1) is 0 Å². The molecule has 0 aliphatic heterocycles. The first-order valence-electron chi connectivity index (χ1n) is 7.47. The summed E-state index contributed by atoms with van der Waals surface area (Å²) in [5.74, 6) is -0.152. The first-order chi connectivity index (χ1) is 9.46. The van der Waals surface area contributed by atoms with E-state index in [4.69, 9.17) is 0 Å². The van der Waals surface area contributed by atoms with Gasteiger partial charge in [0, 0.05) is 0 Å². The lowest BCUT2D eigenvalue weighted by Gasteiger charge is -2.33. The second kappa shape index (κ2) is 5.96. The van der Waals surface area contributed by atoms with Crippen LogP contribution in [0.15, 0.2) is 24.3 Å². The van der Waals surface area contributed by atoms with Crippen molar-refractivity contribution in [2.24, 2.45) is 0 Å². The zero-order chi connectivity index (χ0) is 14.8. The Hall–Kier alpha value is -1.35. The van der Waals surface area contributed by atoms with E-state index in [-0.39, 0.29) is 0 Å². The van der Waals surface area contributed by atoms with Gasteiger partial charge in [-0.05, 0) is 50.9 Å². The third-order valence-corrected chi connectivity index (χ3v) is 4.86. The molecule has 3 heteroatoms. The Morgan fingerprint density at radius 2 is 1.70 bits per heavy atom. The van der Waals surface area contributed by atoms with Crippen molar-refractivity contribution in [1.29, 1.82) is 0 Å². The molecular formula is C17H25NO2. The number of likely N-dealkylation sites (N-methyl/N-ethyl adjacent to an activating group) is 1. The van der Waals surface area contributed by atoms with Crippen LogP contribution in [0.5, 0.6) is 0 Å². The minimum absolute atomic E-state index is 0.660. The Kier molecular flexibility index (Phi) is 4.48. The van der Waals surface area contributed by atoms with Crippen LogP contribution in [0.2, 0.25) is 0 Å². The van der Waals surface area contributed by atoms with Gasteiger partial charge < -0.3 is 5.11 Å². The van der Waals surface area contributed by atoms with Crippen molar-refractivity contribution < 1.29 is 9.90 Å². The number of carbonyl (C=O) groups is 1. The van der Waals surface area contributed by atoms with Crippen molar-refractivity contribution in [3.63, 3.8) is 0 Å². The molecule has 1 aliphatic carbocycles. The van der Waals surface area contributed by atoms with Gasteiger partial charge in [0.1, 0.15) is 5.54 Å². The molecule has 1 N–H and O–H groups in total. The van der Waals surface area contributed by atoms with Crippen LogP contribution in [0.1, 0.15) is 56.1 Å². The number of carboxylic acids is 1. The minimum atomic E-state index is -0.967. The van der Waals surface area contributed by atoms with E-state index in [0.717, 1.165) is 5.56 Å². The van der Waals surface area contributed by atoms with Crippen molar-refractivity contribution >= 4 is 5.97 Å². The van der Waals surface area contributed by atoms with E-state index in [2.05, 4.69) is 12.1 Å². The second-order valence-corrected chi connectivity index (χ2v) is 6.23. The van der Waals surface area contributed by atoms with Gasteiger partial charge >= 0.3 is 5.97 Å². The molecule has 1 aliphatic rings. The zero-order valence-electron chi connectivity index (χ0n) is 12.7. The second-order valence-electron chi connectivity index (χ2n) is 6.23. The third kappa shape index (κ3) is 2.73. The number of hydrogen-bond acceptors (Lipinski definition) is 2. The van der Waals surface area contributed by atoms with Crippen molar-refractivity contribution in [2.45, 2.75) is 50.5 Å². The molecule has 0 bridgehead atoms. The van der Waals surface area contributed by atoms with Gasteiger partial charge in [-0.1, -0.05) is 43.5 Å². The van der Waals surface area contributed by atoms with Gasteiger partial charge in [0.2, 0.25) is 0 Å². The maximum Gasteiger partial charge on any atom is 0.328 e. The molecule has 1 unspecified atom stereocenters. The summed E-state index contributed by atoms with van der Waals surface area (Å²) in [7, 11) is 3.62. The summed E-state index contributed by atoms with van der Waals surface area (Å²) in [6, 6.07) is 8.21. The number of hydrogen-bond donors (Lipinski definition) is 1. The van der Waals surface area contributed by atoms with E-state index in [1.54, 1.807) is 11.8 Å². The largest absolute Gasteiger partial charge is 0.480 e. The van der Waals surface area contributed by atoms with Crippen LogP contribution < -0.4 is 0 Å². The molecule has 1 saturated carbocycles. The summed E-state index contributed by atoms with van der Waals surface area (Å²) in [5.41, 5.74) is 1.24. The summed E-state index contributed by atoms with van der Waals surface area (Å²) in [5, 5.41) is 9.53. The molecular weight excluding hydrogens is 250 g/mol. The van der Waals surface area contributed by atoms with Crippen LogP contribution in [-0.4, -0.2) is 30.1 Å². The number of aliphatic carboxylic acids is 1. The standard InChI is InChI=1S/C17H25NO2/c1-17(16(19)20,18(2)3)15-11-9-14(10-12-15)13-7-5-4-6-8-13/h9-13H,4-8H2,1-3H3,(H,19,20). The van der Waals surface area contributed by atoms with Crippen molar-refractivity contribution in [3.05, 3.63) is 35.4 Å². The molecule has 0 radical (unpaired) electrons. The average Bonchev–Trinajstić information content (AvgIpc) is 2.47. The molecule has 110 valence electrons. The Labute approximate surface area is 121 Å². The Morgan fingerprint density at radius 1 is 1.15 bits per heavy atom. The quantitative estimate of drug-likeness (QED) is 0.912. The van der Waals surface area contributed by atoms with Crippen LogP contribution in [0.3, 0.4) is 0 Å². The van der Waals surface area contributed by atoms with Gasteiger partial charge in [0.15, 0.2) is 0 Å². The fourth-order valence-electron chi connectivity index (χ4n) is 3.09. The molecule has 0 heterocycles. The van der Waals surface area contributed by atoms with E-state index in [0.29, 0.717) is 5.92 Å². The van der Waals surface area contributed by atoms with Crippen LogP contribution >= 0.6 is 0 Å². The lowest BCUT2D eigenvalue weighted by molar-refractivity contribution is -0.149. The number of nitrogens with zero attached hydrogens (tertiary/aromatic N) is 1. The van der Waals surface area contributed by atoms with Crippen molar-refractivity contribution in [1.82, 2.24) is 4.90 Å². The molecule has 1 fully saturated rings. The maximum absolute atomic E-state index is 11.6. The fourth-order valence-corrected chi connectivity index (χ4v) is 3.09. The molecule has 2 rings (SSSR count). The summed E-state index contributed by atoms with van der Waals surface area (Å²) >= 11 is 0. The predicted molar refractivity (Wildman–Crippen MR) is 80.9 cm³/mol. The highest BCUT2D eigenvalue weighted by atomic mass is 16.4. The highest BCUT2D eigenvalue weighted by molar-refractivity contribution is 5.80. The van der Waals surface area contributed by atoms with Gasteiger partial charge in [-0.25, -0.2) is 4.79 Å². The van der Waals surface area contributed by atoms with Crippen LogP contribution in [0.25, 0.3) is 0 Å². The lowest BCUT2D eigenvalue weighted by Crippen LogP contribution is -2.45. The Bertz CT molecular complexity index is 460. The van der Waals surface area contributed by atoms with Crippen molar-refractivity contribution in [3.8, 4) is 0 Å². The van der Waals surface area contributed by atoms with Crippen LogP contribution in [-0.2, 0) is 10.3 Å². The predicted octanol–water partition coefficient (Wildman–Crippen LogP) is 3.60. The average molecular weight is 275 g/mol. The Balaban J connectivity index is 2.24. The maximum atomic E-state index is 11.6. The number of benzene rings is 1. The molecule has 3 nitrogen and oxygen atoms in total. The summed E-state index contributed by atoms with van der Waals surface area (Å²) in [4.78, 5) is 13.4. The van der Waals surface area contributed by atoms with Gasteiger partial charge in [-0.2, -0.15) is 0 Å². The summed E-state index contributed by atoms with van der Waals surface area (Å²) < 4.78 is 0. The topological polar surface area (TPSA) is 40.5 Å². The van der Waals surface area contributed by atoms with E-state index < -0.39 is 11.5 Å². The van der Waals surface area contributed by atoms with E-state index in [9.17, 15) is 9.90 Å². The highest BCUT2D eigenvalue weighted by Crippen LogP contribution is 2.34. The molecule has 1 aromatic rings. The highest BCUT2D eigenvalue weighted by Gasteiger charge is 2.37. The Morgan fingerprint density at radius 3 is 2.15 bits per heavy atom. The smallest absolute Gasteiger partial charge is 0.328 e. The minimum Gasteiger partial charge on any atom is -0.480 e. The fraction of sp³-hybridized carbons (Fsp3) is 0.588. The summed E-state index contributed by atoms with van der Waals surface area (Å²) in [6.45, 7) is 1.75. The summed E-state index contributed by atoms with van der Waals surface area (Å²) in [6.07, 6.45) is 6.52. The zero-order valence-corrected chi connectivity index (χ0v) is 12.7. The monoisotopic (exact) mass is 275 g/mol. The van der Waals surface area contributed by atoms with Gasteiger partial charge in [-0.15, -0.1) is 0 Å².